The van der Waals surface area contributed by atoms with E-state index in [4.69, 9.17) is 4.74 Å². The molecule has 21 heavy (non-hydrogen) atoms. The third kappa shape index (κ3) is 3.03. The third-order valence-corrected chi connectivity index (χ3v) is 5.37. The van der Waals surface area contributed by atoms with Gasteiger partial charge in [0.2, 0.25) is 15.9 Å². The lowest BCUT2D eigenvalue weighted by Crippen LogP contribution is -2.37. The number of hydrogen-bond acceptors (Lipinski definition) is 4. The molecule has 1 saturated heterocycles. The van der Waals surface area contributed by atoms with Crippen LogP contribution in [0.2, 0.25) is 0 Å². The fourth-order valence-corrected chi connectivity index (χ4v) is 3.82. The van der Waals surface area contributed by atoms with Gasteiger partial charge in [0.05, 0.1) is 12.0 Å². The summed E-state index contributed by atoms with van der Waals surface area (Å²) in [5.41, 5.74) is 0. The highest BCUT2D eigenvalue weighted by molar-refractivity contribution is 7.89. The Morgan fingerprint density at radius 2 is 1.90 bits per heavy atom. The van der Waals surface area contributed by atoms with Gasteiger partial charge >= 0.3 is 0 Å². The lowest BCUT2D eigenvalue weighted by atomic mass is 10.3. The number of methoxy groups -OCH3 is 1. The number of rotatable bonds is 5. The summed E-state index contributed by atoms with van der Waals surface area (Å²) >= 11 is 0. The standard InChI is InChI=1S/C14H18N2O4S/c1-20-12-4-6-13(7-5-12)21(18,19)15-10-8-14(17)16(9-10)11-2-3-11/h4-7,10-11,15H,2-3,8-9H2,1H3. The highest BCUT2D eigenvalue weighted by atomic mass is 32.2. The monoisotopic (exact) mass is 310 g/mol. The van der Waals surface area contributed by atoms with Crippen LogP contribution in [0.5, 0.6) is 5.75 Å². The van der Waals surface area contributed by atoms with E-state index in [-0.39, 0.29) is 23.3 Å². The maximum absolute atomic E-state index is 12.3. The van der Waals surface area contributed by atoms with Crippen LogP contribution < -0.4 is 9.46 Å². The van der Waals surface area contributed by atoms with Crippen molar-refractivity contribution < 1.29 is 17.9 Å². The predicted octanol–water partition coefficient (Wildman–Crippen LogP) is 0.737. The molecular weight excluding hydrogens is 292 g/mol. The van der Waals surface area contributed by atoms with E-state index >= 15 is 0 Å². The Morgan fingerprint density at radius 1 is 1.24 bits per heavy atom. The average Bonchev–Trinajstić information content (AvgIpc) is 3.23. The number of ether oxygens (including phenoxy) is 1. The van der Waals surface area contributed by atoms with Crippen molar-refractivity contribution in [2.24, 2.45) is 0 Å². The van der Waals surface area contributed by atoms with E-state index < -0.39 is 10.0 Å². The molecule has 1 aliphatic heterocycles. The van der Waals surface area contributed by atoms with Gasteiger partial charge in [0, 0.05) is 25.0 Å². The number of hydrogen-bond donors (Lipinski definition) is 1. The minimum absolute atomic E-state index is 0.0416. The van der Waals surface area contributed by atoms with Gasteiger partial charge in [-0.2, -0.15) is 0 Å². The van der Waals surface area contributed by atoms with Crippen molar-refractivity contribution in [3.05, 3.63) is 24.3 Å². The molecule has 1 amide bonds. The van der Waals surface area contributed by atoms with Gasteiger partial charge in [-0.1, -0.05) is 0 Å². The molecule has 2 aliphatic rings. The Labute approximate surface area is 124 Å². The average molecular weight is 310 g/mol. The first kappa shape index (κ1) is 14.3. The van der Waals surface area contributed by atoms with Crippen LogP contribution in [0, 0.1) is 0 Å². The SMILES string of the molecule is COc1ccc(S(=O)(=O)NC2CC(=O)N(C3CC3)C2)cc1. The van der Waals surface area contributed by atoms with Gasteiger partial charge in [0.1, 0.15) is 5.75 Å². The summed E-state index contributed by atoms with van der Waals surface area (Å²) in [5, 5.41) is 0. The van der Waals surface area contributed by atoms with Gasteiger partial charge < -0.3 is 9.64 Å². The molecular formula is C14H18N2O4S. The molecule has 0 bridgehead atoms. The van der Waals surface area contributed by atoms with Gasteiger partial charge in [-0.15, -0.1) is 0 Å². The number of carbonyl (C=O) groups excluding carboxylic acids is 1. The summed E-state index contributed by atoms with van der Waals surface area (Å²) in [6.45, 7) is 0.471. The van der Waals surface area contributed by atoms with Crippen molar-refractivity contribution in [3.63, 3.8) is 0 Å². The number of nitrogens with one attached hydrogen (secondary N) is 1. The second kappa shape index (κ2) is 5.31. The molecule has 2 fully saturated rings. The molecule has 1 atom stereocenters. The molecule has 1 saturated carbocycles. The van der Waals surface area contributed by atoms with Crippen LogP contribution in [0.15, 0.2) is 29.2 Å². The first-order chi connectivity index (χ1) is 9.99. The van der Waals surface area contributed by atoms with Crippen molar-refractivity contribution in [1.29, 1.82) is 0 Å². The van der Waals surface area contributed by atoms with Crippen molar-refractivity contribution in [2.75, 3.05) is 13.7 Å². The fraction of sp³-hybridized carbons (Fsp3) is 0.500. The predicted molar refractivity (Wildman–Crippen MR) is 76.5 cm³/mol. The fourth-order valence-electron chi connectivity index (χ4n) is 2.59. The third-order valence-electron chi connectivity index (χ3n) is 3.84. The quantitative estimate of drug-likeness (QED) is 0.870. The number of nitrogens with zero attached hydrogens (tertiary/aromatic N) is 1. The van der Waals surface area contributed by atoms with E-state index in [9.17, 15) is 13.2 Å². The topological polar surface area (TPSA) is 75.7 Å². The number of carbonyl (C=O) groups is 1. The Kier molecular flexibility index (Phi) is 3.62. The van der Waals surface area contributed by atoms with E-state index in [0.29, 0.717) is 18.3 Å². The van der Waals surface area contributed by atoms with Crippen LogP contribution in [0.4, 0.5) is 0 Å². The Balaban J connectivity index is 1.69. The molecule has 1 aliphatic carbocycles. The van der Waals surface area contributed by atoms with E-state index in [2.05, 4.69) is 4.72 Å². The number of likely N-dealkylation sites (tertiary alicyclic amines) is 1. The van der Waals surface area contributed by atoms with Gasteiger partial charge in [-0.25, -0.2) is 13.1 Å². The second-order valence-electron chi connectivity index (χ2n) is 5.48. The van der Waals surface area contributed by atoms with Gasteiger partial charge in [-0.05, 0) is 37.1 Å². The zero-order valence-electron chi connectivity index (χ0n) is 11.8. The zero-order chi connectivity index (χ0) is 15.0. The molecule has 1 N–H and O–H groups in total. The van der Waals surface area contributed by atoms with Crippen LogP contribution in [0.25, 0.3) is 0 Å². The number of benzene rings is 1. The molecule has 3 rings (SSSR count). The minimum atomic E-state index is -3.61. The molecule has 114 valence electrons. The van der Waals surface area contributed by atoms with Gasteiger partial charge in [0.15, 0.2) is 0 Å². The molecule has 6 nitrogen and oxygen atoms in total. The summed E-state index contributed by atoms with van der Waals surface area (Å²) in [7, 11) is -2.08. The van der Waals surface area contributed by atoms with E-state index in [0.717, 1.165) is 12.8 Å². The molecule has 0 spiro atoms. The molecule has 0 radical (unpaired) electrons. The highest BCUT2D eigenvalue weighted by Gasteiger charge is 2.40. The number of amides is 1. The normalized spacial score (nSPS) is 22.6. The lowest BCUT2D eigenvalue weighted by molar-refractivity contribution is -0.128. The smallest absolute Gasteiger partial charge is 0.240 e. The molecule has 1 aromatic rings. The van der Waals surface area contributed by atoms with E-state index in [1.807, 2.05) is 0 Å². The zero-order valence-corrected chi connectivity index (χ0v) is 12.6. The van der Waals surface area contributed by atoms with Crippen LogP contribution >= 0.6 is 0 Å². The summed E-state index contributed by atoms with van der Waals surface area (Å²) < 4.78 is 32.2. The summed E-state index contributed by atoms with van der Waals surface area (Å²) in [6.07, 6.45) is 2.30. The summed E-state index contributed by atoms with van der Waals surface area (Å²) in [6, 6.07) is 6.18. The van der Waals surface area contributed by atoms with Crippen LogP contribution in [0.1, 0.15) is 19.3 Å². The Hall–Kier alpha value is -1.60. The molecule has 1 aromatic carbocycles. The first-order valence-electron chi connectivity index (χ1n) is 6.95. The van der Waals surface area contributed by atoms with Crippen molar-refractivity contribution >= 4 is 15.9 Å². The van der Waals surface area contributed by atoms with E-state index in [1.165, 1.54) is 19.2 Å². The van der Waals surface area contributed by atoms with Crippen molar-refractivity contribution in [1.82, 2.24) is 9.62 Å². The molecule has 7 heteroatoms. The van der Waals surface area contributed by atoms with Crippen molar-refractivity contribution in [3.8, 4) is 5.75 Å². The van der Waals surface area contributed by atoms with Crippen LogP contribution in [0.3, 0.4) is 0 Å². The molecule has 1 heterocycles. The summed E-state index contributed by atoms with van der Waals surface area (Å²) in [4.78, 5) is 13.8. The highest BCUT2D eigenvalue weighted by Crippen LogP contribution is 2.31. The van der Waals surface area contributed by atoms with Gasteiger partial charge in [-0.3, -0.25) is 4.79 Å². The van der Waals surface area contributed by atoms with Gasteiger partial charge in [0.25, 0.3) is 0 Å². The second-order valence-corrected chi connectivity index (χ2v) is 7.19. The van der Waals surface area contributed by atoms with Crippen LogP contribution in [-0.2, 0) is 14.8 Å². The molecule has 0 aromatic heterocycles. The maximum atomic E-state index is 12.3. The first-order valence-corrected chi connectivity index (χ1v) is 8.44. The van der Waals surface area contributed by atoms with Crippen LogP contribution in [-0.4, -0.2) is 45.0 Å². The number of sulfonamides is 1. The Morgan fingerprint density at radius 3 is 2.48 bits per heavy atom. The largest absolute Gasteiger partial charge is 0.497 e. The maximum Gasteiger partial charge on any atom is 0.240 e. The summed E-state index contributed by atoms with van der Waals surface area (Å²) in [5.74, 6) is 0.643. The van der Waals surface area contributed by atoms with Crippen molar-refractivity contribution in [2.45, 2.75) is 36.2 Å². The minimum Gasteiger partial charge on any atom is -0.497 e. The molecule has 1 unspecified atom stereocenters. The Bertz CT molecular complexity index is 637. The lowest BCUT2D eigenvalue weighted by Gasteiger charge is -2.16. The van der Waals surface area contributed by atoms with E-state index in [1.54, 1.807) is 17.0 Å².